The molecule has 0 saturated carbocycles. The van der Waals surface area contributed by atoms with Crippen LogP contribution in [0.15, 0.2) is 23.2 Å². The second-order valence-electron chi connectivity index (χ2n) is 5.25. The molecule has 0 aliphatic rings. The summed E-state index contributed by atoms with van der Waals surface area (Å²) in [6.45, 7) is 6.62. The Morgan fingerprint density at radius 1 is 1.24 bits per heavy atom. The average molecular weight is 313 g/mol. The Balaban J connectivity index is 2.68. The molecule has 0 saturated heterocycles. The summed E-state index contributed by atoms with van der Waals surface area (Å²) in [4.78, 5) is 4.31. The molecule has 120 valence electrons. The highest BCUT2D eigenvalue weighted by Crippen LogP contribution is 2.18. The Hall–Kier alpha value is -1.14. The minimum atomic E-state index is -3.53. The van der Waals surface area contributed by atoms with Gasteiger partial charge in [0.25, 0.3) is 0 Å². The molecule has 0 aliphatic carbocycles. The quantitative estimate of drug-likeness (QED) is 0.651. The molecule has 0 fully saturated rings. The van der Waals surface area contributed by atoms with Gasteiger partial charge in [-0.1, -0.05) is 32.6 Å². The number of anilines is 1. The Morgan fingerprint density at radius 2 is 2.00 bits per heavy atom. The number of sulfonamides is 1. The van der Waals surface area contributed by atoms with E-state index in [2.05, 4.69) is 21.9 Å². The summed E-state index contributed by atoms with van der Waals surface area (Å²) in [6.07, 6.45) is 7.03. The standard InChI is InChI=1S/C15H27N3O2S/c1-4-6-7-8-10-13(3)18-21(19,20)14-11-9-12-17-15(14)16-5-2/h9,11-13,18H,4-8,10H2,1-3H3,(H,16,17). The summed E-state index contributed by atoms with van der Waals surface area (Å²) in [5.74, 6) is 0.408. The molecule has 2 N–H and O–H groups in total. The van der Waals surface area contributed by atoms with Gasteiger partial charge in [0.1, 0.15) is 10.7 Å². The third-order valence-electron chi connectivity index (χ3n) is 3.25. The Bertz CT molecular complexity index is 517. The SMILES string of the molecule is CCCCCCC(C)NS(=O)(=O)c1cccnc1NCC. The molecule has 0 radical (unpaired) electrons. The number of aromatic nitrogens is 1. The first kappa shape index (κ1) is 17.9. The molecule has 0 aliphatic heterocycles. The van der Waals surface area contributed by atoms with E-state index in [1.807, 2.05) is 13.8 Å². The number of nitrogens with zero attached hydrogens (tertiary/aromatic N) is 1. The first-order valence-electron chi connectivity index (χ1n) is 7.72. The van der Waals surface area contributed by atoms with Gasteiger partial charge in [-0.15, -0.1) is 0 Å². The molecule has 1 rings (SSSR count). The van der Waals surface area contributed by atoms with Gasteiger partial charge in [-0.25, -0.2) is 18.1 Å². The van der Waals surface area contributed by atoms with Crippen molar-refractivity contribution in [2.24, 2.45) is 0 Å². The van der Waals surface area contributed by atoms with E-state index in [1.165, 1.54) is 12.8 Å². The van der Waals surface area contributed by atoms with Crippen molar-refractivity contribution in [3.05, 3.63) is 18.3 Å². The molecule has 0 aromatic carbocycles. The van der Waals surface area contributed by atoms with Crippen molar-refractivity contribution in [2.75, 3.05) is 11.9 Å². The second kappa shape index (κ2) is 9.00. The van der Waals surface area contributed by atoms with Gasteiger partial charge in [0, 0.05) is 18.8 Å². The predicted octanol–water partition coefficient (Wildman–Crippen LogP) is 3.15. The van der Waals surface area contributed by atoms with Gasteiger partial charge in [0.15, 0.2) is 0 Å². The first-order valence-corrected chi connectivity index (χ1v) is 9.20. The maximum Gasteiger partial charge on any atom is 0.244 e. The molecule has 5 nitrogen and oxygen atoms in total. The molecule has 0 spiro atoms. The highest BCUT2D eigenvalue weighted by atomic mass is 32.2. The maximum absolute atomic E-state index is 12.4. The normalized spacial score (nSPS) is 13.1. The summed E-state index contributed by atoms with van der Waals surface area (Å²) in [7, 11) is -3.53. The fraction of sp³-hybridized carbons (Fsp3) is 0.667. The lowest BCUT2D eigenvalue weighted by atomic mass is 10.1. The Kier molecular flexibility index (Phi) is 7.67. The summed E-state index contributed by atoms with van der Waals surface area (Å²) in [5, 5.41) is 2.99. The lowest BCUT2D eigenvalue weighted by molar-refractivity contribution is 0.522. The molecule has 1 aromatic heterocycles. The minimum absolute atomic E-state index is 0.0680. The number of hydrogen-bond acceptors (Lipinski definition) is 4. The zero-order valence-electron chi connectivity index (χ0n) is 13.2. The van der Waals surface area contributed by atoms with Crippen LogP contribution in [0.5, 0.6) is 0 Å². The molecule has 0 amide bonds. The van der Waals surface area contributed by atoms with Crippen LogP contribution < -0.4 is 10.0 Å². The van der Waals surface area contributed by atoms with E-state index in [0.29, 0.717) is 12.4 Å². The second-order valence-corrected chi connectivity index (χ2v) is 6.93. The molecule has 1 heterocycles. The third-order valence-corrected chi connectivity index (χ3v) is 4.87. The molecule has 1 atom stereocenters. The average Bonchev–Trinajstić information content (AvgIpc) is 2.44. The summed E-state index contributed by atoms with van der Waals surface area (Å²) in [6, 6.07) is 3.15. The highest BCUT2D eigenvalue weighted by Gasteiger charge is 2.21. The van der Waals surface area contributed by atoms with E-state index in [-0.39, 0.29) is 10.9 Å². The molecular formula is C15H27N3O2S. The van der Waals surface area contributed by atoms with E-state index in [9.17, 15) is 8.42 Å². The van der Waals surface area contributed by atoms with Crippen molar-refractivity contribution in [2.45, 2.75) is 63.8 Å². The summed E-state index contributed by atoms with van der Waals surface area (Å²) < 4.78 is 27.6. The van der Waals surface area contributed by atoms with Crippen molar-refractivity contribution in [1.29, 1.82) is 0 Å². The Morgan fingerprint density at radius 3 is 2.67 bits per heavy atom. The smallest absolute Gasteiger partial charge is 0.244 e. The van der Waals surface area contributed by atoms with Crippen LogP contribution in [0.3, 0.4) is 0 Å². The van der Waals surface area contributed by atoms with E-state index in [0.717, 1.165) is 19.3 Å². The predicted molar refractivity (Wildman–Crippen MR) is 86.9 cm³/mol. The van der Waals surface area contributed by atoms with E-state index in [4.69, 9.17) is 0 Å². The van der Waals surface area contributed by atoms with Crippen LogP contribution in [0.1, 0.15) is 52.9 Å². The van der Waals surface area contributed by atoms with Crippen LogP contribution in [-0.4, -0.2) is 26.0 Å². The topological polar surface area (TPSA) is 71.1 Å². The van der Waals surface area contributed by atoms with Gasteiger partial charge >= 0.3 is 0 Å². The van der Waals surface area contributed by atoms with Crippen molar-refractivity contribution >= 4 is 15.8 Å². The monoisotopic (exact) mass is 313 g/mol. The fourth-order valence-electron chi connectivity index (χ4n) is 2.17. The highest BCUT2D eigenvalue weighted by molar-refractivity contribution is 7.89. The number of hydrogen-bond donors (Lipinski definition) is 2. The molecule has 21 heavy (non-hydrogen) atoms. The zero-order chi connectivity index (χ0) is 15.7. The molecule has 6 heteroatoms. The Labute approximate surface area is 128 Å². The van der Waals surface area contributed by atoms with Crippen LogP contribution in [0, 0.1) is 0 Å². The van der Waals surface area contributed by atoms with Crippen molar-refractivity contribution in [3.63, 3.8) is 0 Å². The lowest BCUT2D eigenvalue weighted by Crippen LogP contribution is -2.33. The number of pyridine rings is 1. The van der Waals surface area contributed by atoms with Crippen LogP contribution in [0.2, 0.25) is 0 Å². The molecule has 1 aromatic rings. The lowest BCUT2D eigenvalue weighted by Gasteiger charge is -2.16. The van der Waals surface area contributed by atoms with Crippen molar-refractivity contribution in [1.82, 2.24) is 9.71 Å². The minimum Gasteiger partial charge on any atom is -0.369 e. The van der Waals surface area contributed by atoms with Crippen LogP contribution in [-0.2, 0) is 10.0 Å². The molecular weight excluding hydrogens is 286 g/mol. The number of rotatable bonds is 10. The van der Waals surface area contributed by atoms with Gasteiger partial charge < -0.3 is 5.32 Å². The zero-order valence-corrected chi connectivity index (χ0v) is 14.0. The fourth-order valence-corrected chi connectivity index (χ4v) is 3.58. The molecule has 0 bridgehead atoms. The van der Waals surface area contributed by atoms with Gasteiger partial charge in [-0.3, -0.25) is 0 Å². The van der Waals surface area contributed by atoms with Gasteiger partial charge in [0.2, 0.25) is 10.0 Å². The van der Waals surface area contributed by atoms with E-state index >= 15 is 0 Å². The van der Waals surface area contributed by atoms with E-state index < -0.39 is 10.0 Å². The summed E-state index contributed by atoms with van der Waals surface area (Å²) >= 11 is 0. The van der Waals surface area contributed by atoms with Crippen LogP contribution in [0.25, 0.3) is 0 Å². The van der Waals surface area contributed by atoms with Crippen LogP contribution in [0.4, 0.5) is 5.82 Å². The number of unbranched alkanes of at least 4 members (excludes halogenated alkanes) is 3. The third kappa shape index (κ3) is 6.01. The first-order chi connectivity index (χ1) is 10.0. The van der Waals surface area contributed by atoms with Gasteiger partial charge in [-0.2, -0.15) is 0 Å². The largest absolute Gasteiger partial charge is 0.369 e. The molecule has 1 unspecified atom stereocenters. The summed E-state index contributed by atoms with van der Waals surface area (Å²) in [5.41, 5.74) is 0. The van der Waals surface area contributed by atoms with Crippen LogP contribution >= 0.6 is 0 Å². The van der Waals surface area contributed by atoms with E-state index in [1.54, 1.807) is 18.3 Å². The van der Waals surface area contributed by atoms with Gasteiger partial charge in [-0.05, 0) is 32.4 Å². The van der Waals surface area contributed by atoms with Crippen molar-refractivity contribution < 1.29 is 8.42 Å². The van der Waals surface area contributed by atoms with Gasteiger partial charge in [0.05, 0.1) is 0 Å². The maximum atomic E-state index is 12.4. The van der Waals surface area contributed by atoms with Crippen molar-refractivity contribution in [3.8, 4) is 0 Å². The number of nitrogens with one attached hydrogen (secondary N) is 2.